The first-order chi connectivity index (χ1) is 11.5. The minimum Gasteiger partial charge on any atom is -0.493 e. The van der Waals surface area contributed by atoms with Crippen LogP contribution in [0.25, 0.3) is 0 Å². The fourth-order valence-electron chi connectivity index (χ4n) is 2.41. The molecular formula is C18H21F2NO3. The monoisotopic (exact) mass is 337 g/mol. The van der Waals surface area contributed by atoms with Gasteiger partial charge >= 0.3 is 0 Å². The number of methoxy groups -OCH3 is 3. The molecular weight excluding hydrogens is 316 g/mol. The molecule has 0 aromatic heterocycles. The number of hydrogen-bond acceptors (Lipinski definition) is 4. The summed E-state index contributed by atoms with van der Waals surface area (Å²) < 4.78 is 42.3. The van der Waals surface area contributed by atoms with Crippen LogP contribution < -0.4 is 19.5 Å². The highest BCUT2D eigenvalue weighted by molar-refractivity contribution is 5.53. The van der Waals surface area contributed by atoms with E-state index in [9.17, 15) is 8.78 Å². The second-order valence-corrected chi connectivity index (χ2v) is 5.31. The lowest BCUT2D eigenvalue weighted by atomic mass is 10.1. The summed E-state index contributed by atoms with van der Waals surface area (Å²) in [5, 5.41) is 3.26. The van der Waals surface area contributed by atoms with Crippen LogP contribution in [0.3, 0.4) is 0 Å². The van der Waals surface area contributed by atoms with Crippen molar-refractivity contribution in [1.29, 1.82) is 0 Å². The second kappa shape index (κ2) is 7.97. The summed E-state index contributed by atoms with van der Waals surface area (Å²) in [6, 6.07) is 7.41. The van der Waals surface area contributed by atoms with Crippen LogP contribution in [0.5, 0.6) is 17.2 Å². The Bertz CT molecular complexity index is 682. The van der Waals surface area contributed by atoms with Gasteiger partial charge in [-0.3, -0.25) is 0 Å². The zero-order valence-corrected chi connectivity index (χ0v) is 14.2. The number of nitrogens with one attached hydrogen (secondary N) is 1. The molecule has 0 fully saturated rings. The Kier molecular flexibility index (Phi) is 5.98. The Morgan fingerprint density at radius 3 is 2.04 bits per heavy atom. The molecule has 1 atom stereocenters. The van der Waals surface area contributed by atoms with Crippen molar-refractivity contribution in [2.45, 2.75) is 19.5 Å². The zero-order chi connectivity index (χ0) is 17.7. The van der Waals surface area contributed by atoms with Crippen molar-refractivity contribution in [3.63, 3.8) is 0 Å². The fraction of sp³-hybridized carbons (Fsp3) is 0.333. The second-order valence-electron chi connectivity index (χ2n) is 5.31. The van der Waals surface area contributed by atoms with Gasteiger partial charge in [0, 0.05) is 12.6 Å². The summed E-state index contributed by atoms with van der Waals surface area (Å²) in [5.74, 6) is -0.0508. The smallest absolute Gasteiger partial charge is 0.203 e. The molecule has 0 unspecified atom stereocenters. The maximum atomic E-state index is 13.3. The van der Waals surface area contributed by atoms with Crippen molar-refractivity contribution in [3.8, 4) is 17.2 Å². The molecule has 24 heavy (non-hydrogen) atoms. The summed E-state index contributed by atoms with van der Waals surface area (Å²) in [7, 11) is 4.65. The van der Waals surface area contributed by atoms with Gasteiger partial charge in [-0.05, 0) is 42.3 Å². The predicted molar refractivity (Wildman–Crippen MR) is 87.7 cm³/mol. The average molecular weight is 337 g/mol. The Balaban J connectivity index is 2.14. The van der Waals surface area contributed by atoms with Crippen molar-refractivity contribution in [3.05, 3.63) is 53.1 Å². The van der Waals surface area contributed by atoms with Crippen LogP contribution in [0.2, 0.25) is 0 Å². The Morgan fingerprint density at radius 2 is 1.54 bits per heavy atom. The minimum absolute atomic E-state index is 0.154. The highest BCUT2D eigenvalue weighted by Crippen LogP contribution is 2.38. The van der Waals surface area contributed by atoms with Crippen LogP contribution in [0.15, 0.2) is 30.3 Å². The molecule has 130 valence electrons. The van der Waals surface area contributed by atoms with Gasteiger partial charge in [-0.15, -0.1) is 0 Å². The standard InChI is InChI=1S/C18H21F2NO3/c1-11(13-5-6-14(19)15(20)9-13)21-10-12-7-16(22-2)18(24-4)17(8-12)23-3/h5-9,11,21H,10H2,1-4H3/t11-/m1/s1. The van der Waals surface area contributed by atoms with E-state index in [0.717, 1.165) is 11.6 Å². The Hall–Kier alpha value is -2.34. The molecule has 1 N–H and O–H groups in total. The van der Waals surface area contributed by atoms with Crippen LogP contribution in [0.1, 0.15) is 24.1 Å². The lowest BCUT2D eigenvalue weighted by molar-refractivity contribution is 0.323. The van der Waals surface area contributed by atoms with Crippen molar-refractivity contribution in [2.24, 2.45) is 0 Å². The van der Waals surface area contributed by atoms with E-state index in [1.807, 2.05) is 19.1 Å². The summed E-state index contributed by atoms with van der Waals surface area (Å²) >= 11 is 0. The van der Waals surface area contributed by atoms with Crippen molar-refractivity contribution in [2.75, 3.05) is 21.3 Å². The van der Waals surface area contributed by atoms with Crippen LogP contribution in [0, 0.1) is 11.6 Å². The first kappa shape index (κ1) is 18.0. The minimum atomic E-state index is -0.853. The molecule has 0 saturated carbocycles. The normalized spacial score (nSPS) is 11.9. The predicted octanol–water partition coefficient (Wildman–Crippen LogP) is 3.84. The molecule has 2 rings (SSSR count). The molecule has 2 aromatic rings. The maximum absolute atomic E-state index is 13.3. The van der Waals surface area contributed by atoms with E-state index in [2.05, 4.69) is 5.32 Å². The molecule has 0 aliphatic rings. The van der Waals surface area contributed by atoms with Gasteiger partial charge in [0.2, 0.25) is 5.75 Å². The van der Waals surface area contributed by atoms with Gasteiger partial charge in [-0.1, -0.05) is 6.07 Å². The molecule has 0 saturated heterocycles. The van der Waals surface area contributed by atoms with Gasteiger partial charge in [0.1, 0.15) is 0 Å². The Labute approximate surface area is 140 Å². The molecule has 0 bridgehead atoms. The third-order valence-corrected chi connectivity index (χ3v) is 3.78. The van der Waals surface area contributed by atoms with Crippen LogP contribution in [-0.4, -0.2) is 21.3 Å². The highest BCUT2D eigenvalue weighted by Gasteiger charge is 2.14. The summed E-state index contributed by atoms with van der Waals surface area (Å²) in [6.45, 7) is 2.38. The number of hydrogen-bond donors (Lipinski definition) is 1. The van der Waals surface area contributed by atoms with Gasteiger partial charge in [-0.2, -0.15) is 0 Å². The van der Waals surface area contributed by atoms with Gasteiger partial charge in [-0.25, -0.2) is 8.78 Å². The van der Waals surface area contributed by atoms with Gasteiger partial charge in [0.25, 0.3) is 0 Å². The van der Waals surface area contributed by atoms with Crippen LogP contribution >= 0.6 is 0 Å². The van der Waals surface area contributed by atoms with E-state index in [1.165, 1.54) is 6.07 Å². The van der Waals surface area contributed by atoms with E-state index in [1.54, 1.807) is 27.4 Å². The maximum Gasteiger partial charge on any atom is 0.203 e. The quantitative estimate of drug-likeness (QED) is 0.833. The van der Waals surface area contributed by atoms with Crippen LogP contribution in [-0.2, 0) is 6.54 Å². The molecule has 0 aliphatic heterocycles. The van der Waals surface area contributed by atoms with Gasteiger partial charge in [0.15, 0.2) is 23.1 Å². The van der Waals surface area contributed by atoms with E-state index in [0.29, 0.717) is 29.4 Å². The molecule has 6 heteroatoms. The first-order valence-corrected chi connectivity index (χ1v) is 7.47. The molecule has 0 amide bonds. The van der Waals surface area contributed by atoms with Crippen molar-refractivity contribution >= 4 is 0 Å². The third-order valence-electron chi connectivity index (χ3n) is 3.78. The van der Waals surface area contributed by atoms with E-state index in [4.69, 9.17) is 14.2 Å². The van der Waals surface area contributed by atoms with Crippen molar-refractivity contribution < 1.29 is 23.0 Å². The highest BCUT2D eigenvalue weighted by atomic mass is 19.2. The van der Waals surface area contributed by atoms with E-state index in [-0.39, 0.29) is 6.04 Å². The first-order valence-electron chi connectivity index (χ1n) is 7.47. The summed E-state index contributed by atoms with van der Waals surface area (Å²) in [6.07, 6.45) is 0. The Morgan fingerprint density at radius 1 is 0.917 bits per heavy atom. The van der Waals surface area contributed by atoms with E-state index >= 15 is 0 Å². The van der Waals surface area contributed by atoms with E-state index < -0.39 is 11.6 Å². The fourth-order valence-corrected chi connectivity index (χ4v) is 2.41. The lowest BCUT2D eigenvalue weighted by Gasteiger charge is -2.17. The van der Waals surface area contributed by atoms with Gasteiger partial charge < -0.3 is 19.5 Å². The summed E-state index contributed by atoms with van der Waals surface area (Å²) in [4.78, 5) is 0. The number of halogens is 2. The zero-order valence-electron chi connectivity index (χ0n) is 14.2. The average Bonchev–Trinajstić information content (AvgIpc) is 2.60. The lowest BCUT2D eigenvalue weighted by Crippen LogP contribution is -2.18. The molecule has 0 aliphatic carbocycles. The topological polar surface area (TPSA) is 39.7 Å². The number of benzene rings is 2. The van der Waals surface area contributed by atoms with Crippen LogP contribution in [0.4, 0.5) is 8.78 Å². The SMILES string of the molecule is COc1cc(CN[C@H](C)c2ccc(F)c(F)c2)cc(OC)c1OC. The van der Waals surface area contributed by atoms with Gasteiger partial charge in [0.05, 0.1) is 21.3 Å². The number of ether oxygens (including phenoxy) is 3. The molecule has 4 nitrogen and oxygen atoms in total. The third kappa shape index (κ3) is 3.94. The largest absolute Gasteiger partial charge is 0.493 e. The molecule has 2 aromatic carbocycles. The van der Waals surface area contributed by atoms with Crippen molar-refractivity contribution in [1.82, 2.24) is 5.32 Å². The summed E-state index contributed by atoms with van der Waals surface area (Å²) in [5.41, 5.74) is 1.58. The number of rotatable bonds is 7. The molecule has 0 spiro atoms. The molecule has 0 heterocycles. The molecule has 0 radical (unpaired) electrons.